The van der Waals surface area contributed by atoms with Crippen molar-refractivity contribution in [1.82, 2.24) is 4.90 Å². The van der Waals surface area contributed by atoms with Crippen LogP contribution in [0.2, 0.25) is 0 Å². The number of unbranched alkanes of at least 4 members (excludes halogenated alkanes) is 2. The van der Waals surface area contributed by atoms with Gasteiger partial charge >= 0.3 is 0 Å². The van der Waals surface area contributed by atoms with E-state index in [1.807, 2.05) is 20.8 Å². The second-order valence-electron chi connectivity index (χ2n) is 5.45. The lowest BCUT2D eigenvalue weighted by Crippen LogP contribution is -2.37. The Labute approximate surface area is 104 Å². The number of nitrogens with two attached hydrogens (primary N) is 1. The zero-order chi connectivity index (χ0) is 13.1. The van der Waals surface area contributed by atoms with Gasteiger partial charge in [0.15, 0.2) is 0 Å². The molecule has 2 N–H and O–H groups in total. The topological polar surface area (TPSA) is 63.4 Å². The maximum absolute atomic E-state index is 12.2. The zero-order valence-corrected chi connectivity index (χ0v) is 11.2. The molecule has 1 unspecified atom stereocenters. The van der Waals surface area contributed by atoms with Crippen LogP contribution in [0.25, 0.3) is 0 Å². The fourth-order valence-electron chi connectivity index (χ4n) is 2.18. The molecule has 0 saturated carbocycles. The molecule has 1 heterocycles. The first-order valence-electron chi connectivity index (χ1n) is 6.48. The largest absolute Gasteiger partial charge is 0.330 e. The third kappa shape index (κ3) is 2.86. The molecule has 2 amide bonds. The molecule has 1 aliphatic heterocycles. The predicted molar refractivity (Wildman–Crippen MR) is 67.2 cm³/mol. The highest BCUT2D eigenvalue weighted by atomic mass is 16.2. The quantitative estimate of drug-likeness (QED) is 0.566. The van der Waals surface area contributed by atoms with Crippen LogP contribution in [-0.2, 0) is 9.59 Å². The number of imide groups is 1. The summed E-state index contributed by atoms with van der Waals surface area (Å²) in [7, 11) is 0. The summed E-state index contributed by atoms with van der Waals surface area (Å²) in [5.74, 6) is 0.192. The minimum absolute atomic E-state index is 0.00486. The maximum atomic E-state index is 12.2. The molecule has 1 saturated heterocycles. The summed E-state index contributed by atoms with van der Waals surface area (Å²) in [6, 6.07) is 0. The van der Waals surface area contributed by atoms with E-state index in [1.54, 1.807) is 0 Å². The summed E-state index contributed by atoms with van der Waals surface area (Å²) in [6.45, 7) is 7.13. The van der Waals surface area contributed by atoms with Gasteiger partial charge < -0.3 is 5.73 Å². The number of amides is 2. The lowest BCUT2D eigenvalue weighted by atomic mass is 9.78. The number of carbonyl (C=O) groups is 2. The summed E-state index contributed by atoms with van der Waals surface area (Å²) in [5.41, 5.74) is 4.92. The number of hydrogen-bond donors (Lipinski definition) is 1. The molecule has 0 spiro atoms. The van der Waals surface area contributed by atoms with Gasteiger partial charge in [0.25, 0.3) is 0 Å². The van der Waals surface area contributed by atoms with E-state index in [1.165, 1.54) is 4.90 Å². The van der Waals surface area contributed by atoms with Crippen molar-refractivity contribution < 1.29 is 9.59 Å². The van der Waals surface area contributed by atoms with Crippen molar-refractivity contribution in [2.24, 2.45) is 17.1 Å². The number of rotatable bonds is 6. The van der Waals surface area contributed by atoms with Gasteiger partial charge in [-0.15, -0.1) is 0 Å². The highest BCUT2D eigenvalue weighted by Gasteiger charge is 2.49. The average Bonchev–Trinajstić information content (AvgIpc) is 2.48. The number of nitrogens with zero attached hydrogens (tertiary/aromatic N) is 1. The molecule has 4 heteroatoms. The highest BCUT2D eigenvalue weighted by molar-refractivity contribution is 6.05. The van der Waals surface area contributed by atoms with Crippen LogP contribution >= 0.6 is 0 Å². The minimum atomic E-state index is -0.495. The van der Waals surface area contributed by atoms with Crippen molar-refractivity contribution >= 4 is 11.8 Å². The third-order valence-electron chi connectivity index (χ3n) is 3.91. The number of carbonyl (C=O) groups excluding carboxylic acids is 2. The summed E-state index contributed by atoms with van der Waals surface area (Å²) in [5, 5.41) is 0. The van der Waals surface area contributed by atoms with E-state index in [0.717, 1.165) is 19.3 Å². The second-order valence-corrected chi connectivity index (χ2v) is 5.45. The maximum Gasteiger partial charge on any atom is 0.235 e. The lowest BCUT2D eigenvalue weighted by Gasteiger charge is -2.26. The molecule has 1 fully saturated rings. The van der Waals surface area contributed by atoms with Gasteiger partial charge in [-0.25, -0.2) is 0 Å². The van der Waals surface area contributed by atoms with Crippen molar-refractivity contribution in [2.75, 3.05) is 13.1 Å². The highest BCUT2D eigenvalue weighted by Crippen LogP contribution is 2.39. The van der Waals surface area contributed by atoms with E-state index in [9.17, 15) is 9.59 Å². The smallest absolute Gasteiger partial charge is 0.235 e. The van der Waals surface area contributed by atoms with Crippen LogP contribution in [0.4, 0.5) is 0 Å². The molecule has 0 aromatic heterocycles. The standard InChI is InChI=1S/C13H24N2O2/c1-10(2)13(3)9-11(16)15(12(13)17)8-6-4-5-7-14/h10H,4-9,14H2,1-3H3. The van der Waals surface area contributed by atoms with Crippen LogP contribution in [0.1, 0.15) is 46.5 Å². The molecule has 17 heavy (non-hydrogen) atoms. The Balaban J connectivity index is 2.57. The summed E-state index contributed by atoms with van der Waals surface area (Å²) in [4.78, 5) is 25.5. The summed E-state index contributed by atoms with van der Waals surface area (Å²) in [6.07, 6.45) is 3.16. The number of likely N-dealkylation sites (tertiary alicyclic amines) is 1. The van der Waals surface area contributed by atoms with E-state index < -0.39 is 5.41 Å². The van der Waals surface area contributed by atoms with Gasteiger partial charge in [-0.2, -0.15) is 0 Å². The molecule has 0 aromatic rings. The van der Waals surface area contributed by atoms with Crippen molar-refractivity contribution in [2.45, 2.75) is 46.5 Å². The van der Waals surface area contributed by atoms with E-state index in [0.29, 0.717) is 19.5 Å². The SMILES string of the molecule is CC(C)C1(C)CC(=O)N(CCCCCN)C1=O. The normalized spacial score (nSPS) is 25.1. The van der Waals surface area contributed by atoms with E-state index >= 15 is 0 Å². The summed E-state index contributed by atoms with van der Waals surface area (Å²) < 4.78 is 0. The van der Waals surface area contributed by atoms with Crippen LogP contribution in [-0.4, -0.2) is 29.8 Å². The van der Waals surface area contributed by atoms with Crippen LogP contribution in [0.15, 0.2) is 0 Å². The first-order chi connectivity index (χ1) is 7.93. The Hall–Kier alpha value is -0.900. The van der Waals surface area contributed by atoms with Crippen molar-refractivity contribution in [3.05, 3.63) is 0 Å². The van der Waals surface area contributed by atoms with Crippen molar-refractivity contribution in [1.29, 1.82) is 0 Å². The lowest BCUT2D eigenvalue weighted by molar-refractivity contribution is -0.142. The predicted octanol–water partition coefficient (Wildman–Crippen LogP) is 1.54. The Morgan fingerprint density at radius 2 is 1.94 bits per heavy atom. The molecule has 1 atom stereocenters. The average molecular weight is 240 g/mol. The summed E-state index contributed by atoms with van der Waals surface area (Å²) >= 11 is 0. The molecule has 98 valence electrons. The molecule has 1 aliphatic rings. The molecular formula is C13H24N2O2. The van der Waals surface area contributed by atoms with Crippen LogP contribution < -0.4 is 5.73 Å². The molecule has 0 aromatic carbocycles. The van der Waals surface area contributed by atoms with Gasteiger partial charge in [-0.05, 0) is 32.2 Å². The van der Waals surface area contributed by atoms with Gasteiger partial charge in [-0.3, -0.25) is 14.5 Å². The Bertz CT molecular complexity index is 302. The molecule has 0 aliphatic carbocycles. The van der Waals surface area contributed by atoms with Gasteiger partial charge in [0.2, 0.25) is 11.8 Å². The van der Waals surface area contributed by atoms with Crippen LogP contribution in [0, 0.1) is 11.3 Å². The Kier molecular flexibility index (Phi) is 4.69. The molecule has 1 rings (SSSR count). The Morgan fingerprint density at radius 3 is 2.41 bits per heavy atom. The Morgan fingerprint density at radius 1 is 1.29 bits per heavy atom. The van der Waals surface area contributed by atoms with Crippen LogP contribution in [0.3, 0.4) is 0 Å². The minimum Gasteiger partial charge on any atom is -0.330 e. The molecular weight excluding hydrogens is 216 g/mol. The molecule has 0 bridgehead atoms. The van der Waals surface area contributed by atoms with Gasteiger partial charge in [0.1, 0.15) is 0 Å². The fraction of sp³-hybridized carbons (Fsp3) is 0.846. The molecule has 0 radical (unpaired) electrons. The van der Waals surface area contributed by atoms with Gasteiger partial charge in [0, 0.05) is 13.0 Å². The first-order valence-corrected chi connectivity index (χ1v) is 6.48. The fourth-order valence-corrected chi connectivity index (χ4v) is 2.18. The second kappa shape index (κ2) is 5.63. The first kappa shape index (κ1) is 14.2. The van der Waals surface area contributed by atoms with Crippen molar-refractivity contribution in [3.63, 3.8) is 0 Å². The zero-order valence-electron chi connectivity index (χ0n) is 11.2. The van der Waals surface area contributed by atoms with Gasteiger partial charge in [0.05, 0.1) is 5.41 Å². The van der Waals surface area contributed by atoms with Crippen molar-refractivity contribution in [3.8, 4) is 0 Å². The van der Waals surface area contributed by atoms with E-state index in [4.69, 9.17) is 5.73 Å². The van der Waals surface area contributed by atoms with E-state index in [2.05, 4.69) is 0 Å². The third-order valence-corrected chi connectivity index (χ3v) is 3.91. The number of hydrogen-bond acceptors (Lipinski definition) is 3. The molecule has 4 nitrogen and oxygen atoms in total. The van der Waals surface area contributed by atoms with E-state index in [-0.39, 0.29) is 17.7 Å². The van der Waals surface area contributed by atoms with Crippen LogP contribution in [0.5, 0.6) is 0 Å². The van der Waals surface area contributed by atoms with Gasteiger partial charge in [-0.1, -0.05) is 20.3 Å². The monoisotopic (exact) mass is 240 g/mol.